The fourth-order valence-electron chi connectivity index (χ4n) is 1.97. The van der Waals surface area contributed by atoms with Crippen LogP contribution in [0.5, 0.6) is 5.75 Å². The van der Waals surface area contributed by atoms with Gasteiger partial charge in [-0.2, -0.15) is 0 Å². The van der Waals surface area contributed by atoms with Crippen molar-refractivity contribution < 1.29 is 5.11 Å². The molecule has 0 aliphatic heterocycles. The van der Waals surface area contributed by atoms with E-state index >= 15 is 0 Å². The van der Waals surface area contributed by atoms with E-state index in [-0.39, 0.29) is 5.75 Å². The van der Waals surface area contributed by atoms with E-state index in [2.05, 4.69) is 15.0 Å². The lowest BCUT2D eigenvalue weighted by molar-refractivity contribution is 0.475. The van der Waals surface area contributed by atoms with Gasteiger partial charge in [-0.25, -0.2) is 9.97 Å². The first kappa shape index (κ1) is 13.8. The number of pyridine rings is 1. The Balaban J connectivity index is 1.91. The number of nitrogen functional groups attached to an aromatic ring is 1. The molecule has 0 bridgehead atoms. The number of anilines is 1. The molecule has 0 fully saturated rings. The van der Waals surface area contributed by atoms with E-state index in [0.717, 1.165) is 11.1 Å². The van der Waals surface area contributed by atoms with Crippen LogP contribution in [0.2, 0.25) is 0 Å². The van der Waals surface area contributed by atoms with Crippen molar-refractivity contribution in [2.75, 3.05) is 5.73 Å². The molecule has 2 heterocycles. The second kappa shape index (κ2) is 6.05. The molecule has 0 saturated carbocycles. The Morgan fingerprint density at radius 1 is 1.00 bits per heavy atom. The molecule has 0 atom stereocenters. The SMILES string of the molecule is Nc1ncc(C=Cc2ccc(O)cc2)nc1-c1cccnc1. The maximum absolute atomic E-state index is 9.27. The quantitative estimate of drug-likeness (QED) is 0.774. The molecule has 5 heteroatoms. The fourth-order valence-corrected chi connectivity index (χ4v) is 1.97. The van der Waals surface area contributed by atoms with E-state index in [1.165, 1.54) is 0 Å². The van der Waals surface area contributed by atoms with Crippen molar-refractivity contribution in [1.29, 1.82) is 0 Å². The van der Waals surface area contributed by atoms with Crippen molar-refractivity contribution in [3.05, 3.63) is 66.2 Å². The lowest BCUT2D eigenvalue weighted by Crippen LogP contribution is -1.98. The molecular weight excluding hydrogens is 276 g/mol. The smallest absolute Gasteiger partial charge is 0.150 e. The van der Waals surface area contributed by atoms with Gasteiger partial charge in [-0.3, -0.25) is 4.98 Å². The Bertz CT molecular complexity index is 799. The van der Waals surface area contributed by atoms with Gasteiger partial charge in [0, 0.05) is 18.0 Å². The lowest BCUT2D eigenvalue weighted by atomic mass is 10.2. The van der Waals surface area contributed by atoms with Crippen molar-refractivity contribution in [1.82, 2.24) is 15.0 Å². The number of phenolic OH excluding ortho intramolecular Hbond substituents is 1. The second-order valence-electron chi connectivity index (χ2n) is 4.70. The highest BCUT2D eigenvalue weighted by atomic mass is 16.3. The summed E-state index contributed by atoms with van der Waals surface area (Å²) >= 11 is 0. The monoisotopic (exact) mass is 290 g/mol. The number of nitrogens with two attached hydrogens (primary N) is 1. The molecule has 3 rings (SSSR count). The molecule has 108 valence electrons. The van der Waals surface area contributed by atoms with Crippen LogP contribution in [-0.2, 0) is 0 Å². The minimum Gasteiger partial charge on any atom is -0.508 e. The van der Waals surface area contributed by atoms with Crippen LogP contribution in [0.4, 0.5) is 5.82 Å². The molecule has 22 heavy (non-hydrogen) atoms. The van der Waals surface area contributed by atoms with E-state index in [9.17, 15) is 5.11 Å². The molecule has 0 saturated heterocycles. The maximum atomic E-state index is 9.27. The molecule has 3 aromatic rings. The predicted molar refractivity (Wildman–Crippen MR) is 86.7 cm³/mol. The Morgan fingerprint density at radius 3 is 2.55 bits per heavy atom. The third kappa shape index (κ3) is 3.09. The summed E-state index contributed by atoms with van der Waals surface area (Å²) in [6.07, 6.45) is 8.76. The van der Waals surface area contributed by atoms with E-state index < -0.39 is 0 Å². The van der Waals surface area contributed by atoms with Crippen molar-refractivity contribution in [2.24, 2.45) is 0 Å². The maximum Gasteiger partial charge on any atom is 0.150 e. The Kier molecular flexibility index (Phi) is 3.78. The summed E-state index contributed by atoms with van der Waals surface area (Å²) < 4.78 is 0. The number of aromatic hydroxyl groups is 1. The summed E-state index contributed by atoms with van der Waals surface area (Å²) in [5.74, 6) is 0.609. The van der Waals surface area contributed by atoms with Gasteiger partial charge in [0.05, 0.1) is 11.9 Å². The Hall–Kier alpha value is -3.21. The van der Waals surface area contributed by atoms with Crippen molar-refractivity contribution >= 4 is 18.0 Å². The van der Waals surface area contributed by atoms with Crippen LogP contribution in [-0.4, -0.2) is 20.1 Å². The third-order valence-corrected chi connectivity index (χ3v) is 3.09. The first-order chi connectivity index (χ1) is 10.7. The first-order valence-electron chi connectivity index (χ1n) is 6.72. The van der Waals surface area contributed by atoms with Crippen LogP contribution < -0.4 is 5.73 Å². The summed E-state index contributed by atoms with van der Waals surface area (Å²) in [5, 5.41) is 9.27. The van der Waals surface area contributed by atoms with Gasteiger partial charge in [-0.15, -0.1) is 0 Å². The number of rotatable bonds is 3. The Labute approximate surface area is 127 Å². The summed E-state index contributed by atoms with van der Waals surface area (Å²) in [5.41, 5.74) is 8.98. The van der Waals surface area contributed by atoms with Gasteiger partial charge in [0.1, 0.15) is 17.3 Å². The second-order valence-corrected chi connectivity index (χ2v) is 4.70. The van der Waals surface area contributed by atoms with E-state index in [4.69, 9.17) is 5.73 Å². The van der Waals surface area contributed by atoms with Crippen LogP contribution in [0.15, 0.2) is 55.0 Å². The van der Waals surface area contributed by atoms with E-state index in [1.54, 1.807) is 30.7 Å². The van der Waals surface area contributed by atoms with E-state index in [0.29, 0.717) is 17.2 Å². The molecular formula is C17H14N4O. The normalized spacial score (nSPS) is 10.9. The van der Waals surface area contributed by atoms with Crippen LogP contribution in [0.25, 0.3) is 23.4 Å². The Morgan fingerprint density at radius 2 is 1.82 bits per heavy atom. The number of hydrogen-bond acceptors (Lipinski definition) is 5. The first-order valence-corrected chi connectivity index (χ1v) is 6.72. The van der Waals surface area contributed by atoms with Gasteiger partial charge in [0.25, 0.3) is 0 Å². The number of nitrogens with zero attached hydrogens (tertiary/aromatic N) is 3. The summed E-state index contributed by atoms with van der Waals surface area (Å²) in [4.78, 5) is 12.8. The van der Waals surface area contributed by atoms with Gasteiger partial charge in [-0.1, -0.05) is 18.2 Å². The number of hydrogen-bond donors (Lipinski definition) is 2. The zero-order chi connectivity index (χ0) is 15.4. The summed E-state index contributed by atoms with van der Waals surface area (Å²) in [6.45, 7) is 0. The van der Waals surface area contributed by atoms with E-state index in [1.807, 2.05) is 36.4 Å². The summed E-state index contributed by atoms with van der Waals surface area (Å²) in [6, 6.07) is 10.6. The average molecular weight is 290 g/mol. The third-order valence-electron chi connectivity index (χ3n) is 3.09. The molecule has 3 N–H and O–H groups in total. The van der Waals surface area contributed by atoms with Crippen LogP contribution in [0.1, 0.15) is 11.3 Å². The van der Waals surface area contributed by atoms with Gasteiger partial charge in [-0.05, 0) is 35.9 Å². The largest absolute Gasteiger partial charge is 0.508 e. The zero-order valence-corrected chi connectivity index (χ0v) is 11.7. The van der Waals surface area contributed by atoms with Crippen LogP contribution in [0, 0.1) is 0 Å². The molecule has 0 aliphatic rings. The molecule has 5 nitrogen and oxygen atoms in total. The highest BCUT2D eigenvalue weighted by Gasteiger charge is 2.06. The van der Waals surface area contributed by atoms with Crippen molar-refractivity contribution in [3.63, 3.8) is 0 Å². The van der Waals surface area contributed by atoms with Crippen LogP contribution in [0.3, 0.4) is 0 Å². The van der Waals surface area contributed by atoms with Crippen molar-refractivity contribution in [2.45, 2.75) is 0 Å². The molecule has 0 amide bonds. The molecule has 0 spiro atoms. The van der Waals surface area contributed by atoms with Crippen LogP contribution >= 0.6 is 0 Å². The van der Waals surface area contributed by atoms with Gasteiger partial charge in [0.2, 0.25) is 0 Å². The number of phenols is 1. The highest BCUT2D eigenvalue weighted by molar-refractivity contribution is 5.73. The molecule has 0 aliphatic carbocycles. The molecule has 0 unspecified atom stereocenters. The van der Waals surface area contributed by atoms with Gasteiger partial charge < -0.3 is 10.8 Å². The van der Waals surface area contributed by atoms with Gasteiger partial charge >= 0.3 is 0 Å². The number of aromatic nitrogens is 3. The average Bonchev–Trinajstić information content (AvgIpc) is 2.56. The fraction of sp³-hybridized carbons (Fsp3) is 0. The number of benzene rings is 1. The lowest BCUT2D eigenvalue weighted by Gasteiger charge is -2.04. The van der Waals surface area contributed by atoms with Crippen molar-refractivity contribution in [3.8, 4) is 17.0 Å². The molecule has 0 radical (unpaired) electrons. The zero-order valence-electron chi connectivity index (χ0n) is 11.7. The van der Waals surface area contributed by atoms with Gasteiger partial charge in [0.15, 0.2) is 0 Å². The topological polar surface area (TPSA) is 84.9 Å². The molecule has 1 aromatic carbocycles. The standard InChI is InChI=1S/C17H14N4O/c18-17-16(13-2-1-9-19-10-13)21-14(11-20-17)6-3-12-4-7-15(22)8-5-12/h1-11,22H,(H2,18,20). The highest BCUT2D eigenvalue weighted by Crippen LogP contribution is 2.21. The minimum atomic E-state index is 0.239. The minimum absolute atomic E-state index is 0.239. The summed E-state index contributed by atoms with van der Waals surface area (Å²) in [7, 11) is 0. The molecule has 2 aromatic heterocycles. The predicted octanol–water partition coefficient (Wildman–Crippen LogP) is 3.00.